The lowest BCUT2D eigenvalue weighted by Gasteiger charge is -2.33. The first kappa shape index (κ1) is 11.1. The van der Waals surface area contributed by atoms with Crippen LogP contribution in [-0.2, 0) is 9.53 Å². The Hall–Kier alpha value is -1.01. The van der Waals surface area contributed by atoms with E-state index in [2.05, 4.69) is 10.8 Å². The monoisotopic (exact) mass is 195 g/mol. The highest BCUT2D eigenvalue weighted by Gasteiger charge is 2.28. The van der Waals surface area contributed by atoms with E-state index in [1.807, 2.05) is 0 Å². The van der Waals surface area contributed by atoms with Crippen molar-refractivity contribution >= 4 is 5.97 Å². The highest BCUT2D eigenvalue weighted by atomic mass is 16.5. The van der Waals surface area contributed by atoms with E-state index < -0.39 is 0 Å². The molecule has 1 rings (SSSR count). The summed E-state index contributed by atoms with van der Waals surface area (Å²) in [6.07, 6.45) is 9.06. The molecule has 0 N–H and O–H groups in total. The van der Waals surface area contributed by atoms with E-state index in [9.17, 15) is 4.79 Å². The molecule has 0 aromatic carbocycles. The van der Waals surface area contributed by atoms with Crippen LogP contribution < -0.4 is 0 Å². The molecule has 0 aromatic rings. The minimum absolute atomic E-state index is 0.0675. The smallest absolute Gasteiger partial charge is 0.323 e. The molecule has 78 valence electrons. The summed E-state index contributed by atoms with van der Waals surface area (Å²) < 4.78 is 4.77. The van der Waals surface area contributed by atoms with Gasteiger partial charge in [0.15, 0.2) is 0 Å². The average molecular weight is 195 g/mol. The Morgan fingerprint density at radius 3 is 3.07 bits per heavy atom. The van der Waals surface area contributed by atoms with Crippen LogP contribution in [0.2, 0.25) is 0 Å². The SMILES string of the molecule is C#CCCN1CCCC[C@@H]1C(=O)OC. The van der Waals surface area contributed by atoms with Crippen LogP contribution in [0.1, 0.15) is 25.7 Å². The molecule has 0 aliphatic carbocycles. The Kier molecular flexibility index (Phi) is 4.48. The number of esters is 1. The molecule has 1 heterocycles. The molecular formula is C11H17NO2. The van der Waals surface area contributed by atoms with Gasteiger partial charge in [0.1, 0.15) is 6.04 Å². The molecule has 0 unspecified atom stereocenters. The molecule has 1 aliphatic rings. The summed E-state index contributed by atoms with van der Waals surface area (Å²) in [7, 11) is 1.44. The first-order valence-electron chi connectivity index (χ1n) is 5.05. The number of carbonyl (C=O) groups is 1. The summed E-state index contributed by atoms with van der Waals surface area (Å²) in [6, 6.07) is -0.0675. The van der Waals surface area contributed by atoms with Crippen molar-refractivity contribution in [1.29, 1.82) is 0 Å². The van der Waals surface area contributed by atoms with Crippen LogP contribution in [0.4, 0.5) is 0 Å². The fourth-order valence-electron chi connectivity index (χ4n) is 1.87. The van der Waals surface area contributed by atoms with Gasteiger partial charge in [-0.15, -0.1) is 12.3 Å². The first-order valence-corrected chi connectivity index (χ1v) is 5.05. The molecule has 3 nitrogen and oxygen atoms in total. The number of hydrogen-bond acceptors (Lipinski definition) is 3. The Labute approximate surface area is 85.4 Å². The van der Waals surface area contributed by atoms with E-state index in [0.717, 1.165) is 32.4 Å². The Bertz CT molecular complexity index is 232. The second-order valence-corrected chi connectivity index (χ2v) is 3.52. The maximum atomic E-state index is 11.4. The van der Waals surface area contributed by atoms with Crippen molar-refractivity contribution in [2.24, 2.45) is 0 Å². The topological polar surface area (TPSA) is 29.5 Å². The Morgan fingerprint density at radius 1 is 1.64 bits per heavy atom. The molecule has 0 bridgehead atoms. The number of likely N-dealkylation sites (tertiary alicyclic amines) is 1. The van der Waals surface area contributed by atoms with Gasteiger partial charge in [-0.25, -0.2) is 0 Å². The normalized spacial score (nSPS) is 22.7. The quantitative estimate of drug-likeness (QED) is 0.498. The summed E-state index contributed by atoms with van der Waals surface area (Å²) in [5.41, 5.74) is 0. The van der Waals surface area contributed by atoms with Gasteiger partial charge in [0.2, 0.25) is 0 Å². The third kappa shape index (κ3) is 2.74. The minimum Gasteiger partial charge on any atom is -0.468 e. The number of piperidine rings is 1. The van der Waals surface area contributed by atoms with E-state index in [1.165, 1.54) is 7.11 Å². The van der Waals surface area contributed by atoms with Gasteiger partial charge in [-0.3, -0.25) is 9.69 Å². The van der Waals surface area contributed by atoms with Gasteiger partial charge < -0.3 is 4.74 Å². The third-order valence-electron chi connectivity index (χ3n) is 2.63. The number of ether oxygens (including phenoxy) is 1. The van der Waals surface area contributed by atoms with Crippen molar-refractivity contribution in [2.45, 2.75) is 31.7 Å². The predicted molar refractivity (Wildman–Crippen MR) is 54.7 cm³/mol. The van der Waals surface area contributed by atoms with Gasteiger partial charge in [0, 0.05) is 13.0 Å². The second kappa shape index (κ2) is 5.66. The van der Waals surface area contributed by atoms with E-state index in [1.54, 1.807) is 0 Å². The molecule has 1 fully saturated rings. The van der Waals surface area contributed by atoms with Crippen LogP contribution >= 0.6 is 0 Å². The van der Waals surface area contributed by atoms with Crippen molar-refractivity contribution in [2.75, 3.05) is 20.2 Å². The number of carbonyl (C=O) groups excluding carboxylic acids is 1. The largest absolute Gasteiger partial charge is 0.468 e. The van der Waals surface area contributed by atoms with Crippen LogP contribution in [-0.4, -0.2) is 37.1 Å². The molecule has 0 amide bonds. The fraction of sp³-hybridized carbons (Fsp3) is 0.727. The van der Waals surface area contributed by atoms with Crippen molar-refractivity contribution in [1.82, 2.24) is 4.90 Å². The lowest BCUT2D eigenvalue weighted by Crippen LogP contribution is -2.45. The Balaban J connectivity index is 2.50. The maximum absolute atomic E-state index is 11.4. The average Bonchev–Trinajstić information content (AvgIpc) is 2.25. The summed E-state index contributed by atoms with van der Waals surface area (Å²) in [6.45, 7) is 1.76. The summed E-state index contributed by atoms with van der Waals surface area (Å²) >= 11 is 0. The molecule has 0 spiro atoms. The van der Waals surface area contributed by atoms with Crippen molar-refractivity contribution in [3.63, 3.8) is 0 Å². The van der Waals surface area contributed by atoms with E-state index >= 15 is 0 Å². The number of nitrogens with zero attached hydrogens (tertiary/aromatic N) is 1. The molecular weight excluding hydrogens is 178 g/mol. The first-order chi connectivity index (χ1) is 6.79. The maximum Gasteiger partial charge on any atom is 0.323 e. The summed E-state index contributed by atoms with van der Waals surface area (Å²) in [5.74, 6) is 2.48. The van der Waals surface area contributed by atoms with Crippen molar-refractivity contribution in [3.05, 3.63) is 0 Å². The van der Waals surface area contributed by atoms with Gasteiger partial charge in [-0.1, -0.05) is 6.42 Å². The van der Waals surface area contributed by atoms with E-state index in [0.29, 0.717) is 6.42 Å². The molecule has 0 saturated carbocycles. The molecule has 0 aromatic heterocycles. The van der Waals surface area contributed by atoms with E-state index in [-0.39, 0.29) is 12.0 Å². The summed E-state index contributed by atoms with van der Waals surface area (Å²) in [4.78, 5) is 13.6. The molecule has 1 atom stereocenters. The molecule has 1 saturated heterocycles. The lowest BCUT2D eigenvalue weighted by atomic mass is 10.0. The molecule has 1 aliphatic heterocycles. The van der Waals surface area contributed by atoms with Crippen LogP contribution in [0.25, 0.3) is 0 Å². The molecule has 0 radical (unpaired) electrons. The molecule has 14 heavy (non-hydrogen) atoms. The zero-order valence-corrected chi connectivity index (χ0v) is 8.66. The number of hydrogen-bond donors (Lipinski definition) is 0. The van der Waals surface area contributed by atoms with Crippen molar-refractivity contribution < 1.29 is 9.53 Å². The van der Waals surface area contributed by atoms with Gasteiger partial charge in [0.05, 0.1) is 7.11 Å². The second-order valence-electron chi connectivity index (χ2n) is 3.52. The highest BCUT2D eigenvalue weighted by molar-refractivity contribution is 5.75. The zero-order valence-electron chi connectivity index (χ0n) is 8.66. The predicted octanol–water partition coefficient (Wildman–Crippen LogP) is 1.04. The highest BCUT2D eigenvalue weighted by Crippen LogP contribution is 2.17. The molecule has 3 heteroatoms. The van der Waals surface area contributed by atoms with Crippen LogP contribution in [0, 0.1) is 12.3 Å². The minimum atomic E-state index is -0.123. The van der Waals surface area contributed by atoms with Crippen LogP contribution in [0.15, 0.2) is 0 Å². The number of terminal acetylenes is 1. The van der Waals surface area contributed by atoms with Gasteiger partial charge in [-0.2, -0.15) is 0 Å². The third-order valence-corrected chi connectivity index (χ3v) is 2.63. The fourth-order valence-corrected chi connectivity index (χ4v) is 1.87. The van der Waals surface area contributed by atoms with Gasteiger partial charge in [-0.05, 0) is 19.4 Å². The van der Waals surface area contributed by atoms with Gasteiger partial charge >= 0.3 is 5.97 Å². The number of rotatable bonds is 3. The number of methoxy groups -OCH3 is 1. The van der Waals surface area contributed by atoms with Crippen LogP contribution in [0.5, 0.6) is 0 Å². The Morgan fingerprint density at radius 2 is 2.43 bits per heavy atom. The zero-order chi connectivity index (χ0) is 10.4. The van der Waals surface area contributed by atoms with Crippen LogP contribution in [0.3, 0.4) is 0 Å². The van der Waals surface area contributed by atoms with E-state index in [4.69, 9.17) is 11.2 Å². The lowest BCUT2D eigenvalue weighted by molar-refractivity contribution is -0.148. The summed E-state index contributed by atoms with van der Waals surface area (Å²) in [5, 5.41) is 0. The van der Waals surface area contributed by atoms with Gasteiger partial charge in [0.25, 0.3) is 0 Å². The van der Waals surface area contributed by atoms with Crippen molar-refractivity contribution in [3.8, 4) is 12.3 Å². The standard InChI is InChI=1S/C11H17NO2/c1-3-4-8-12-9-6-5-7-10(12)11(13)14-2/h1,10H,4-9H2,2H3/t10-/m1/s1.